The van der Waals surface area contributed by atoms with Crippen molar-refractivity contribution in [1.29, 1.82) is 5.26 Å². The smallest absolute Gasteiger partial charge is 0.227 e. The molecule has 0 aliphatic carbocycles. The Morgan fingerprint density at radius 1 is 1.31 bits per heavy atom. The number of benzene rings is 1. The summed E-state index contributed by atoms with van der Waals surface area (Å²) in [5.74, 6) is 0.799. The number of nitrogens with zero attached hydrogens (tertiary/aromatic N) is 3. The number of aromatic nitrogens is 1. The van der Waals surface area contributed by atoms with Gasteiger partial charge in [-0.05, 0) is 30.7 Å². The predicted octanol–water partition coefficient (Wildman–Crippen LogP) is 4.59. The molecule has 4 rings (SSSR count). The maximum Gasteiger partial charge on any atom is 0.227 e. The molecule has 3 heterocycles. The average Bonchev–Trinajstić information content (AvgIpc) is 3.42. The van der Waals surface area contributed by atoms with Gasteiger partial charge >= 0.3 is 0 Å². The molecule has 6 heteroatoms. The van der Waals surface area contributed by atoms with Gasteiger partial charge in [0.25, 0.3) is 0 Å². The Morgan fingerprint density at radius 2 is 2.15 bits per heavy atom. The standard InChI is InChI=1S/C20H15N3O2S/c21-12-15(11-17-3-2-10-25-17)20-22-18(13-26-20)14-5-7-16(8-6-14)23-9-1-4-19(23)24/h2-3,5-8,10-11,13H,1,4,9H2/b15-11-. The molecule has 1 fully saturated rings. The molecular formula is C20H15N3O2S. The Labute approximate surface area is 154 Å². The van der Waals surface area contributed by atoms with Crippen LogP contribution in [0.4, 0.5) is 5.69 Å². The lowest BCUT2D eigenvalue weighted by molar-refractivity contribution is -0.117. The number of hydrogen-bond acceptors (Lipinski definition) is 5. The maximum atomic E-state index is 11.8. The van der Waals surface area contributed by atoms with E-state index in [0.29, 0.717) is 22.8 Å². The molecule has 0 saturated carbocycles. The van der Waals surface area contributed by atoms with Crippen LogP contribution >= 0.6 is 11.3 Å². The summed E-state index contributed by atoms with van der Waals surface area (Å²) in [6, 6.07) is 13.6. The number of thiazole rings is 1. The van der Waals surface area contributed by atoms with E-state index < -0.39 is 0 Å². The minimum atomic E-state index is 0.176. The first-order chi connectivity index (χ1) is 12.7. The van der Waals surface area contributed by atoms with Crippen molar-refractivity contribution in [3.05, 3.63) is 58.8 Å². The highest BCUT2D eigenvalue weighted by Gasteiger charge is 2.21. The van der Waals surface area contributed by atoms with Crippen molar-refractivity contribution in [2.75, 3.05) is 11.4 Å². The zero-order valence-electron chi connectivity index (χ0n) is 13.9. The van der Waals surface area contributed by atoms with Crippen molar-refractivity contribution < 1.29 is 9.21 Å². The Kier molecular flexibility index (Phi) is 4.38. The normalized spacial score (nSPS) is 14.7. The van der Waals surface area contributed by atoms with Crippen LogP contribution in [0.2, 0.25) is 0 Å². The highest BCUT2D eigenvalue weighted by atomic mass is 32.1. The van der Waals surface area contributed by atoms with Gasteiger partial charge < -0.3 is 9.32 Å². The second-order valence-corrected chi connectivity index (χ2v) is 6.78. The van der Waals surface area contributed by atoms with Crippen LogP contribution in [-0.2, 0) is 4.79 Å². The highest BCUT2D eigenvalue weighted by molar-refractivity contribution is 7.11. The van der Waals surface area contributed by atoms with E-state index in [2.05, 4.69) is 11.1 Å². The van der Waals surface area contributed by atoms with E-state index in [4.69, 9.17) is 4.42 Å². The lowest BCUT2D eigenvalue weighted by Gasteiger charge is -2.15. The maximum absolute atomic E-state index is 11.8. The molecule has 1 aromatic carbocycles. The van der Waals surface area contributed by atoms with Crippen LogP contribution in [0.3, 0.4) is 0 Å². The van der Waals surface area contributed by atoms with Gasteiger partial charge in [-0.1, -0.05) is 12.1 Å². The molecule has 5 nitrogen and oxygen atoms in total. The number of anilines is 1. The summed E-state index contributed by atoms with van der Waals surface area (Å²) < 4.78 is 5.27. The molecule has 1 saturated heterocycles. The summed E-state index contributed by atoms with van der Waals surface area (Å²) in [5, 5.41) is 12.0. The molecule has 0 spiro atoms. The number of furan rings is 1. The fraction of sp³-hybridized carbons (Fsp3) is 0.150. The van der Waals surface area contributed by atoms with Gasteiger partial charge in [-0.3, -0.25) is 4.79 Å². The molecular weight excluding hydrogens is 346 g/mol. The topological polar surface area (TPSA) is 70.1 Å². The van der Waals surface area contributed by atoms with Crippen LogP contribution in [-0.4, -0.2) is 17.4 Å². The van der Waals surface area contributed by atoms with Gasteiger partial charge in [-0.2, -0.15) is 5.26 Å². The van der Waals surface area contributed by atoms with Crippen molar-refractivity contribution >= 4 is 34.6 Å². The zero-order chi connectivity index (χ0) is 17.9. The number of rotatable bonds is 4. The minimum Gasteiger partial charge on any atom is -0.465 e. The van der Waals surface area contributed by atoms with E-state index in [-0.39, 0.29) is 5.91 Å². The van der Waals surface area contributed by atoms with E-state index in [1.807, 2.05) is 34.5 Å². The first kappa shape index (κ1) is 16.3. The molecule has 0 unspecified atom stereocenters. The number of amides is 1. The summed E-state index contributed by atoms with van der Waals surface area (Å²) in [6.45, 7) is 0.780. The van der Waals surface area contributed by atoms with Gasteiger partial charge in [0.15, 0.2) is 0 Å². The van der Waals surface area contributed by atoms with Crippen LogP contribution in [0.5, 0.6) is 0 Å². The molecule has 0 N–H and O–H groups in total. The van der Waals surface area contributed by atoms with Gasteiger partial charge in [0.2, 0.25) is 5.91 Å². The molecule has 0 radical (unpaired) electrons. The first-order valence-corrected chi connectivity index (χ1v) is 9.14. The fourth-order valence-electron chi connectivity index (χ4n) is 2.92. The third-order valence-electron chi connectivity index (χ3n) is 4.23. The summed E-state index contributed by atoms with van der Waals surface area (Å²) in [7, 11) is 0. The van der Waals surface area contributed by atoms with E-state index in [1.165, 1.54) is 11.3 Å². The Bertz CT molecular complexity index is 995. The van der Waals surface area contributed by atoms with Crippen molar-refractivity contribution in [2.45, 2.75) is 12.8 Å². The van der Waals surface area contributed by atoms with Gasteiger partial charge in [-0.15, -0.1) is 11.3 Å². The Balaban J connectivity index is 1.58. The van der Waals surface area contributed by atoms with Gasteiger partial charge in [0.1, 0.15) is 16.8 Å². The van der Waals surface area contributed by atoms with Crippen molar-refractivity contribution in [1.82, 2.24) is 4.98 Å². The van der Waals surface area contributed by atoms with Crippen molar-refractivity contribution in [2.24, 2.45) is 0 Å². The summed E-state index contributed by atoms with van der Waals surface area (Å²) in [6.07, 6.45) is 4.79. The predicted molar refractivity (Wildman–Crippen MR) is 101 cm³/mol. The van der Waals surface area contributed by atoms with Crippen LogP contribution in [0.25, 0.3) is 22.9 Å². The molecule has 3 aromatic rings. The number of carbonyl (C=O) groups excluding carboxylic acids is 1. The largest absolute Gasteiger partial charge is 0.465 e. The zero-order valence-corrected chi connectivity index (χ0v) is 14.7. The van der Waals surface area contributed by atoms with Gasteiger partial charge in [0, 0.05) is 35.7 Å². The van der Waals surface area contributed by atoms with E-state index in [0.717, 1.165) is 29.9 Å². The second kappa shape index (κ2) is 6.98. The quantitative estimate of drug-likeness (QED) is 0.637. The minimum absolute atomic E-state index is 0.176. The molecule has 0 atom stereocenters. The number of allylic oxidation sites excluding steroid dienone is 1. The Hall–Kier alpha value is -3.17. The van der Waals surface area contributed by atoms with E-state index >= 15 is 0 Å². The van der Waals surface area contributed by atoms with Crippen LogP contribution in [0.15, 0.2) is 52.5 Å². The molecule has 1 amide bonds. The van der Waals surface area contributed by atoms with E-state index in [1.54, 1.807) is 24.5 Å². The van der Waals surface area contributed by atoms with E-state index in [9.17, 15) is 10.1 Å². The van der Waals surface area contributed by atoms with Gasteiger partial charge in [0.05, 0.1) is 17.5 Å². The third kappa shape index (κ3) is 3.17. The SMILES string of the molecule is N#C/C(=C/c1ccco1)c1nc(-c2ccc(N3CCCC3=O)cc2)cs1. The molecule has 128 valence electrons. The summed E-state index contributed by atoms with van der Waals surface area (Å²) in [4.78, 5) is 18.2. The second-order valence-electron chi connectivity index (χ2n) is 5.92. The summed E-state index contributed by atoms with van der Waals surface area (Å²) in [5.41, 5.74) is 3.15. The highest BCUT2D eigenvalue weighted by Crippen LogP contribution is 2.29. The molecule has 1 aliphatic rings. The average molecular weight is 361 g/mol. The first-order valence-electron chi connectivity index (χ1n) is 8.26. The molecule has 2 aromatic heterocycles. The molecule has 26 heavy (non-hydrogen) atoms. The number of hydrogen-bond donors (Lipinski definition) is 0. The fourth-order valence-corrected chi connectivity index (χ4v) is 3.72. The Morgan fingerprint density at radius 3 is 2.81 bits per heavy atom. The van der Waals surface area contributed by atoms with Crippen LogP contribution in [0.1, 0.15) is 23.6 Å². The van der Waals surface area contributed by atoms with Crippen LogP contribution in [0, 0.1) is 11.3 Å². The monoisotopic (exact) mass is 361 g/mol. The van der Waals surface area contributed by atoms with Gasteiger partial charge in [-0.25, -0.2) is 4.98 Å². The lowest BCUT2D eigenvalue weighted by atomic mass is 10.1. The number of carbonyl (C=O) groups is 1. The van der Waals surface area contributed by atoms with Crippen LogP contribution < -0.4 is 4.90 Å². The number of nitriles is 1. The molecule has 1 aliphatic heterocycles. The third-order valence-corrected chi connectivity index (χ3v) is 5.11. The lowest BCUT2D eigenvalue weighted by Crippen LogP contribution is -2.23. The van der Waals surface area contributed by atoms with Crippen molar-refractivity contribution in [3.8, 4) is 17.3 Å². The summed E-state index contributed by atoms with van der Waals surface area (Å²) >= 11 is 1.42. The van der Waals surface area contributed by atoms with Crippen molar-refractivity contribution in [3.63, 3.8) is 0 Å². The molecule has 0 bridgehead atoms.